The van der Waals surface area contributed by atoms with Gasteiger partial charge in [0.05, 0.1) is 16.8 Å². The van der Waals surface area contributed by atoms with Gasteiger partial charge in [0.1, 0.15) is 10.3 Å². The van der Waals surface area contributed by atoms with E-state index in [9.17, 15) is 14.4 Å². The lowest BCUT2D eigenvalue weighted by Gasteiger charge is -2.13. The van der Waals surface area contributed by atoms with Gasteiger partial charge >= 0.3 is 0 Å². The summed E-state index contributed by atoms with van der Waals surface area (Å²) >= 11 is 2.81. The van der Waals surface area contributed by atoms with Gasteiger partial charge in [-0.1, -0.05) is 32.9 Å². The molecule has 0 radical (unpaired) electrons. The third kappa shape index (κ3) is 4.56. The van der Waals surface area contributed by atoms with Gasteiger partial charge in [0.25, 0.3) is 11.1 Å². The molecule has 0 aliphatic heterocycles. The van der Waals surface area contributed by atoms with E-state index >= 15 is 0 Å². The molecule has 0 amide bonds. The Kier molecular flexibility index (Phi) is 5.83. The van der Waals surface area contributed by atoms with E-state index in [-0.39, 0.29) is 23.4 Å². The van der Waals surface area contributed by atoms with Crippen LogP contribution in [0.25, 0.3) is 17.8 Å². The average Bonchev–Trinajstić information content (AvgIpc) is 3.32. The zero-order valence-corrected chi connectivity index (χ0v) is 19.9. The van der Waals surface area contributed by atoms with Crippen LogP contribution >= 0.6 is 22.7 Å². The van der Waals surface area contributed by atoms with Gasteiger partial charge in [0, 0.05) is 28.6 Å². The molecule has 4 aromatic heterocycles. The van der Waals surface area contributed by atoms with Gasteiger partial charge in [-0.2, -0.15) is 0 Å². The molecular weight excluding hydrogens is 442 g/mol. The zero-order chi connectivity index (χ0) is 23.0. The molecule has 4 heterocycles. The monoisotopic (exact) mass is 465 g/mol. The lowest BCUT2D eigenvalue weighted by molar-refractivity contribution is -0.120. The summed E-state index contributed by atoms with van der Waals surface area (Å²) < 4.78 is 4.10. The smallest absolute Gasteiger partial charge is 0.269 e. The first-order valence-corrected chi connectivity index (χ1v) is 11.8. The molecule has 4 rings (SSSR count). The minimum absolute atomic E-state index is 0.0720. The number of ketones is 1. The standard InChI is InChI=1S/C24H23N3O3S2/c1-15-7-8-20-25-16(10-21(29)26(20)13-15)14-27-22(12-19(28)24(2,3)4)32-18(23(27)30)11-17-6-5-9-31-17/h5-13H,14H2,1-4H3/b18-11+,22-12-. The molecule has 0 aliphatic rings. The molecule has 0 N–H and O–H groups in total. The Morgan fingerprint density at radius 1 is 1.19 bits per heavy atom. The molecule has 4 aromatic rings. The van der Waals surface area contributed by atoms with Crippen molar-refractivity contribution >= 4 is 46.3 Å². The van der Waals surface area contributed by atoms with Crippen LogP contribution in [0.1, 0.15) is 36.9 Å². The summed E-state index contributed by atoms with van der Waals surface area (Å²) in [5.74, 6) is -0.0720. The largest absolute Gasteiger partial charge is 0.294 e. The van der Waals surface area contributed by atoms with Crippen molar-refractivity contribution in [2.24, 2.45) is 5.41 Å². The Morgan fingerprint density at radius 2 is 1.97 bits per heavy atom. The van der Waals surface area contributed by atoms with Crippen LogP contribution in [0.15, 0.2) is 51.5 Å². The first-order valence-electron chi connectivity index (χ1n) is 10.1. The molecule has 0 aliphatic carbocycles. The van der Waals surface area contributed by atoms with Crippen LogP contribution in [-0.4, -0.2) is 19.7 Å². The van der Waals surface area contributed by atoms with Crippen molar-refractivity contribution in [3.63, 3.8) is 0 Å². The van der Waals surface area contributed by atoms with Crippen molar-refractivity contribution in [3.8, 4) is 0 Å². The predicted octanol–water partition coefficient (Wildman–Crippen LogP) is 2.56. The molecule has 6 nitrogen and oxygen atoms in total. The number of thiazole rings is 1. The van der Waals surface area contributed by atoms with Crippen molar-refractivity contribution in [1.82, 2.24) is 14.0 Å². The Bertz CT molecular complexity index is 1550. The first kappa shape index (κ1) is 22.1. The summed E-state index contributed by atoms with van der Waals surface area (Å²) in [6.07, 6.45) is 5.09. The number of carbonyl (C=O) groups excluding carboxylic acids is 1. The number of nitrogens with zero attached hydrogens (tertiary/aromatic N) is 3. The van der Waals surface area contributed by atoms with Gasteiger partial charge in [0.2, 0.25) is 0 Å². The Hall–Kier alpha value is -3.10. The molecule has 0 atom stereocenters. The molecule has 0 fully saturated rings. The van der Waals surface area contributed by atoms with Crippen LogP contribution in [0.5, 0.6) is 0 Å². The van der Waals surface area contributed by atoms with Crippen LogP contribution in [-0.2, 0) is 11.3 Å². The van der Waals surface area contributed by atoms with Crippen molar-refractivity contribution in [1.29, 1.82) is 0 Å². The summed E-state index contributed by atoms with van der Waals surface area (Å²) in [4.78, 5) is 44.1. The quantitative estimate of drug-likeness (QED) is 0.464. The number of thiophene rings is 1. The van der Waals surface area contributed by atoms with Crippen molar-refractivity contribution < 1.29 is 4.79 Å². The molecule has 0 unspecified atom stereocenters. The summed E-state index contributed by atoms with van der Waals surface area (Å²) in [5, 5.41) is 1.95. The van der Waals surface area contributed by atoms with Gasteiger partial charge in [-0.3, -0.25) is 23.4 Å². The highest BCUT2D eigenvalue weighted by molar-refractivity contribution is 7.11. The fourth-order valence-electron chi connectivity index (χ4n) is 3.13. The van der Waals surface area contributed by atoms with Crippen molar-refractivity contribution in [3.05, 3.63) is 87.9 Å². The minimum Gasteiger partial charge on any atom is -0.294 e. The van der Waals surface area contributed by atoms with Gasteiger partial charge in [-0.15, -0.1) is 22.7 Å². The number of pyridine rings is 1. The SMILES string of the molecule is Cc1ccc2nc(Cn3c(=O)/c(=C\c4cccs4)s/c3=C\C(=O)C(C)(C)C)cc(=O)n2c1. The van der Waals surface area contributed by atoms with Crippen LogP contribution in [0.3, 0.4) is 0 Å². The van der Waals surface area contributed by atoms with E-state index in [1.807, 2.05) is 57.4 Å². The summed E-state index contributed by atoms with van der Waals surface area (Å²) in [5.41, 5.74) is 0.957. The number of carbonyl (C=O) groups is 1. The fourth-order valence-corrected chi connectivity index (χ4v) is 4.89. The maximum Gasteiger partial charge on any atom is 0.269 e. The van der Waals surface area contributed by atoms with E-state index in [2.05, 4.69) is 4.98 Å². The van der Waals surface area contributed by atoms with E-state index in [0.717, 1.165) is 10.4 Å². The van der Waals surface area contributed by atoms with E-state index in [4.69, 9.17) is 0 Å². The number of aromatic nitrogens is 3. The Labute approximate surface area is 192 Å². The Balaban J connectivity index is 1.89. The summed E-state index contributed by atoms with van der Waals surface area (Å²) in [6.45, 7) is 7.54. The van der Waals surface area contributed by atoms with Crippen LogP contribution in [0.2, 0.25) is 0 Å². The van der Waals surface area contributed by atoms with E-state index in [0.29, 0.717) is 20.5 Å². The average molecular weight is 466 g/mol. The predicted molar refractivity (Wildman–Crippen MR) is 130 cm³/mol. The highest BCUT2D eigenvalue weighted by atomic mass is 32.1. The molecule has 164 valence electrons. The van der Waals surface area contributed by atoms with E-state index in [1.54, 1.807) is 12.3 Å². The van der Waals surface area contributed by atoms with Gasteiger partial charge in [0.15, 0.2) is 5.78 Å². The van der Waals surface area contributed by atoms with Crippen LogP contribution in [0.4, 0.5) is 0 Å². The van der Waals surface area contributed by atoms with E-state index < -0.39 is 5.41 Å². The second-order valence-corrected chi connectivity index (χ2v) is 10.7. The normalized spacial score (nSPS) is 13.2. The third-order valence-corrected chi connectivity index (χ3v) is 6.81. The van der Waals surface area contributed by atoms with Crippen LogP contribution < -0.4 is 20.3 Å². The van der Waals surface area contributed by atoms with Gasteiger partial charge in [-0.25, -0.2) is 4.98 Å². The number of hydrogen-bond donors (Lipinski definition) is 0. The van der Waals surface area contributed by atoms with Crippen molar-refractivity contribution in [2.45, 2.75) is 34.2 Å². The second-order valence-electron chi connectivity index (χ2n) is 8.63. The molecule has 32 heavy (non-hydrogen) atoms. The van der Waals surface area contributed by atoms with Gasteiger partial charge < -0.3 is 0 Å². The topological polar surface area (TPSA) is 73.4 Å². The summed E-state index contributed by atoms with van der Waals surface area (Å²) in [6, 6.07) is 8.97. The first-order chi connectivity index (χ1) is 15.1. The number of aryl methyl sites for hydroxylation is 1. The van der Waals surface area contributed by atoms with Crippen LogP contribution in [0, 0.1) is 12.3 Å². The lowest BCUT2D eigenvalue weighted by atomic mass is 9.91. The molecular formula is C24H23N3O3S2. The maximum atomic E-state index is 13.2. The van der Waals surface area contributed by atoms with E-state index in [1.165, 1.54) is 43.8 Å². The van der Waals surface area contributed by atoms with Crippen molar-refractivity contribution in [2.75, 3.05) is 0 Å². The molecule has 0 saturated carbocycles. The highest BCUT2D eigenvalue weighted by Gasteiger charge is 2.20. The number of hydrogen-bond acceptors (Lipinski definition) is 6. The lowest BCUT2D eigenvalue weighted by Crippen LogP contribution is -2.33. The number of fused-ring (bicyclic) bond motifs is 1. The maximum absolute atomic E-state index is 13.2. The fraction of sp³-hybridized carbons (Fsp3) is 0.250. The number of Topliss-reactive ketones (excluding diaryl/α,β-unsaturated/α-hetero) is 1. The highest BCUT2D eigenvalue weighted by Crippen LogP contribution is 2.15. The Morgan fingerprint density at radius 3 is 2.66 bits per heavy atom. The minimum atomic E-state index is -0.569. The molecule has 0 spiro atoms. The summed E-state index contributed by atoms with van der Waals surface area (Å²) in [7, 11) is 0. The third-order valence-electron chi connectivity index (χ3n) is 4.93. The van der Waals surface area contributed by atoms with Gasteiger partial charge in [-0.05, 0) is 36.1 Å². The second kappa shape index (κ2) is 8.44. The molecule has 0 bridgehead atoms. The number of rotatable bonds is 4. The molecule has 0 saturated heterocycles. The molecule has 0 aromatic carbocycles. The zero-order valence-electron chi connectivity index (χ0n) is 18.3. The molecule has 8 heteroatoms.